The molecule has 3 aromatic carbocycles. The van der Waals surface area contributed by atoms with Crippen molar-refractivity contribution >= 4 is 29.1 Å². The third kappa shape index (κ3) is 4.77. The molecular formula is C30H25FN2O5S. The summed E-state index contributed by atoms with van der Waals surface area (Å²) in [5, 5.41) is 0. The predicted molar refractivity (Wildman–Crippen MR) is 147 cm³/mol. The highest BCUT2D eigenvalue weighted by Gasteiger charge is 2.37. The van der Waals surface area contributed by atoms with Gasteiger partial charge >= 0.3 is 5.97 Å². The normalized spacial score (nSPS) is 15.0. The number of carbonyl (C=O) groups excluding carboxylic acids is 1. The molecule has 1 aliphatic rings. The van der Waals surface area contributed by atoms with Crippen LogP contribution >= 0.6 is 11.3 Å². The number of nitrogens with zero attached hydrogens (tertiary/aromatic N) is 2. The molecule has 0 spiro atoms. The number of esters is 1. The number of thiazole rings is 1. The van der Waals surface area contributed by atoms with E-state index in [2.05, 4.69) is 0 Å². The average Bonchev–Trinajstić information content (AvgIpc) is 3.27. The van der Waals surface area contributed by atoms with Gasteiger partial charge in [0.15, 0.2) is 16.3 Å². The number of hydrogen-bond acceptors (Lipinski definition) is 7. The van der Waals surface area contributed by atoms with Crippen LogP contribution in [0.2, 0.25) is 0 Å². The van der Waals surface area contributed by atoms with Gasteiger partial charge in [0.25, 0.3) is 5.56 Å². The third-order valence-electron chi connectivity index (χ3n) is 6.29. The van der Waals surface area contributed by atoms with Crippen LogP contribution in [-0.4, -0.2) is 31.4 Å². The Morgan fingerprint density at radius 3 is 2.46 bits per heavy atom. The largest absolute Gasteiger partial charge is 0.493 e. The molecule has 0 aliphatic carbocycles. The number of fused-ring (bicyclic) bond motifs is 1. The maximum atomic E-state index is 14.5. The van der Waals surface area contributed by atoms with E-state index in [1.165, 1.54) is 30.9 Å². The summed E-state index contributed by atoms with van der Waals surface area (Å²) in [4.78, 5) is 32.7. The summed E-state index contributed by atoms with van der Waals surface area (Å²) in [6, 6.07) is 19.7. The van der Waals surface area contributed by atoms with Gasteiger partial charge in [0.2, 0.25) is 0 Å². The molecule has 0 bridgehead atoms. The Labute approximate surface area is 227 Å². The van der Waals surface area contributed by atoms with Crippen molar-refractivity contribution in [1.82, 2.24) is 4.57 Å². The van der Waals surface area contributed by atoms with Crippen molar-refractivity contribution in [2.24, 2.45) is 4.99 Å². The Morgan fingerprint density at radius 1 is 1.03 bits per heavy atom. The second kappa shape index (κ2) is 11.1. The zero-order chi connectivity index (χ0) is 27.5. The van der Waals surface area contributed by atoms with Gasteiger partial charge in [-0.1, -0.05) is 72.0 Å². The van der Waals surface area contributed by atoms with E-state index < -0.39 is 23.4 Å². The quantitative estimate of drug-likeness (QED) is 0.328. The van der Waals surface area contributed by atoms with Crippen molar-refractivity contribution in [2.75, 3.05) is 20.8 Å². The number of ether oxygens (including phenoxy) is 3. The summed E-state index contributed by atoms with van der Waals surface area (Å²) in [5.74, 6) is -0.264. The lowest BCUT2D eigenvalue weighted by atomic mass is 9.92. The average molecular weight is 545 g/mol. The van der Waals surface area contributed by atoms with E-state index in [0.29, 0.717) is 33.1 Å². The lowest BCUT2D eigenvalue weighted by Gasteiger charge is -2.27. The number of methoxy groups -OCH3 is 2. The van der Waals surface area contributed by atoms with Gasteiger partial charge in [-0.25, -0.2) is 14.2 Å². The highest BCUT2D eigenvalue weighted by atomic mass is 32.1. The number of para-hydroxylation sites is 1. The molecule has 39 heavy (non-hydrogen) atoms. The monoisotopic (exact) mass is 544 g/mol. The second-order valence-corrected chi connectivity index (χ2v) is 9.54. The Balaban J connectivity index is 1.90. The summed E-state index contributed by atoms with van der Waals surface area (Å²) in [6.07, 6.45) is 1.50. The number of benzene rings is 3. The number of halogens is 1. The Bertz CT molecular complexity index is 1760. The molecule has 7 nitrogen and oxygen atoms in total. The molecule has 0 unspecified atom stereocenters. The minimum Gasteiger partial charge on any atom is -0.493 e. The van der Waals surface area contributed by atoms with Crippen LogP contribution in [0.15, 0.2) is 88.2 Å². The fourth-order valence-electron chi connectivity index (χ4n) is 4.60. The van der Waals surface area contributed by atoms with Crippen molar-refractivity contribution in [3.63, 3.8) is 0 Å². The molecule has 1 atom stereocenters. The minimum atomic E-state index is -0.955. The molecule has 0 fully saturated rings. The van der Waals surface area contributed by atoms with Crippen LogP contribution in [0.25, 0.3) is 11.8 Å². The van der Waals surface area contributed by atoms with E-state index in [1.54, 1.807) is 43.3 Å². The summed E-state index contributed by atoms with van der Waals surface area (Å²) >= 11 is 1.12. The van der Waals surface area contributed by atoms with Gasteiger partial charge in [0.1, 0.15) is 11.9 Å². The van der Waals surface area contributed by atoms with Crippen LogP contribution in [0.1, 0.15) is 29.7 Å². The van der Waals surface area contributed by atoms with Crippen molar-refractivity contribution in [3.8, 4) is 11.5 Å². The van der Waals surface area contributed by atoms with Crippen molar-refractivity contribution in [3.05, 3.63) is 121 Å². The zero-order valence-electron chi connectivity index (χ0n) is 21.5. The van der Waals surface area contributed by atoms with E-state index in [1.807, 2.05) is 30.3 Å². The molecule has 0 saturated heterocycles. The topological polar surface area (TPSA) is 79.1 Å². The van der Waals surface area contributed by atoms with Crippen LogP contribution in [0, 0.1) is 5.82 Å². The van der Waals surface area contributed by atoms with Gasteiger partial charge in [-0.15, -0.1) is 0 Å². The third-order valence-corrected chi connectivity index (χ3v) is 7.28. The number of hydrogen-bond donors (Lipinski definition) is 0. The Kier molecular flexibility index (Phi) is 7.42. The summed E-state index contributed by atoms with van der Waals surface area (Å²) in [5.41, 5.74) is 1.60. The number of aromatic nitrogens is 1. The first-order chi connectivity index (χ1) is 19.0. The lowest BCUT2D eigenvalue weighted by Crippen LogP contribution is -2.40. The molecule has 0 saturated carbocycles. The highest BCUT2D eigenvalue weighted by Crippen LogP contribution is 2.42. The van der Waals surface area contributed by atoms with Gasteiger partial charge in [-0.05, 0) is 25.1 Å². The first kappa shape index (κ1) is 26.1. The van der Waals surface area contributed by atoms with Crippen molar-refractivity contribution < 1.29 is 23.4 Å². The predicted octanol–water partition coefficient (Wildman–Crippen LogP) is 4.09. The smallest absolute Gasteiger partial charge is 0.338 e. The van der Waals surface area contributed by atoms with Crippen LogP contribution in [0.5, 0.6) is 11.5 Å². The van der Waals surface area contributed by atoms with Gasteiger partial charge in [-0.2, -0.15) is 0 Å². The first-order valence-corrected chi connectivity index (χ1v) is 13.0. The SMILES string of the molecule is CCOC(=O)C1=C(c2ccccc2)N=c2s/c(=C\c3ccccc3F)c(=O)n2[C@H]1c1cccc(OC)c1OC. The van der Waals surface area contributed by atoms with Gasteiger partial charge in [0, 0.05) is 16.7 Å². The number of rotatable bonds is 7. The van der Waals surface area contributed by atoms with E-state index in [-0.39, 0.29) is 22.3 Å². The van der Waals surface area contributed by atoms with E-state index >= 15 is 0 Å². The summed E-state index contributed by atoms with van der Waals surface area (Å²) < 4.78 is 32.9. The van der Waals surface area contributed by atoms with Crippen molar-refractivity contribution in [2.45, 2.75) is 13.0 Å². The van der Waals surface area contributed by atoms with Crippen LogP contribution in [0.4, 0.5) is 4.39 Å². The van der Waals surface area contributed by atoms with E-state index in [0.717, 1.165) is 11.3 Å². The molecule has 198 valence electrons. The maximum Gasteiger partial charge on any atom is 0.338 e. The first-order valence-electron chi connectivity index (χ1n) is 12.2. The molecular weight excluding hydrogens is 519 g/mol. The molecule has 1 aromatic heterocycles. The standard InChI is InChI=1S/C30H25FN2O5S/c1-4-38-29(35)24-25(18-11-6-5-7-12-18)32-30-33(26(24)20-14-10-16-22(36-2)27(20)37-3)28(34)23(39-30)17-19-13-8-9-15-21(19)31/h5-17,26H,4H2,1-3H3/b23-17-/t26-/m0/s1. The van der Waals surface area contributed by atoms with E-state index in [9.17, 15) is 14.0 Å². The molecule has 0 amide bonds. The zero-order valence-corrected chi connectivity index (χ0v) is 22.3. The molecule has 1 aliphatic heterocycles. The lowest BCUT2D eigenvalue weighted by molar-refractivity contribution is -0.138. The fraction of sp³-hybridized carbons (Fsp3) is 0.167. The van der Waals surface area contributed by atoms with Gasteiger partial charge in [-0.3, -0.25) is 9.36 Å². The molecule has 4 aromatic rings. The molecule has 9 heteroatoms. The summed E-state index contributed by atoms with van der Waals surface area (Å²) in [6.45, 7) is 1.84. The Hall–Kier alpha value is -4.50. The van der Waals surface area contributed by atoms with Crippen LogP contribution in [0.3, 0.4) is 0 Å². The van der Waals surface area contributed by atoms with Crippen molar-refractivity contribution in [1.29, 1.82) is 0 Å². The molecule has 2 heterocycles. The fourth-order valence-corrected chi connectivity index (χ4v) is 5.59. The Morgan fingerprint density at radius 2 is 1.77 bits per heavy atom. The highest BCUT2D eigenvalue weighted by molar-refractivity contribution is 7.07. The second-order valence-electron chi connectivity index (χ2n) is 8.54. The van der Waals surface area contributed by atoms with Gasteiger partial charge in [0.05, 0.1) is 36.6 Å². The van der Waals surface area contributed by atoms with Crippen LogP contribution in [-0.2, 0) is 9.53 Å². The molecule has 0 N–H and O–H groups in total. The summed E-state index contributed by atoms with van der Waals surface area (Å²) in [7, 11) is 3.01. The van der Waals surface area contributed by atoms with Gasteiger partial charge < -0.3 is 14.2 Å². The molecule has 5 rings (SSSR count). The molecule has 0 radical (unpaired) electrons. The van der Waals surface area contributed by atoms with Crippen LogP contribution < -0.4 is 24.4 Å². The van der Waals surface area contributed by atoms with E-state index in [4.69, 9.17) is 19.2 Å². The number of carbonyl (C=O) groups is 1. The maximum absolute atomic E-state index is 14.5. The minimum absolute atomic E-state index is 0.129.